The number of benzene rings is 1. The highest BCUT2D eigenvalue weighted by molar-refractivity contribution is 5.92. The molecule has 1 fully saturated rings. The first-order valence-electron chi connectivity index (χ1n) is 7.96. The second-order valence-electron chi connectivity index (χ2n) is 6.13. The summed E-state index contributed by atoms with van der Waals surface area (Å²) in [4.78, 5) is 36.6. The zero-order valence-electron chi connectivity index (χ0n) is 14.3. The van der Waals surface area contributed by atoms with Gasteiger partial charge in [0.05, 0.1) is 20.2 Å². The van der Waals surface area contributed by atoms with E-state index >= 15 is 0 Å². The van der Waals surface area contributed by atoms with Crippen LogP contribution in [0.15, 0.2) is 18.2 Å². The number of amides is 2. The van der Waals surface area contributed by atoms with E-state index < -0.39 is 12.0 Å². The highest BCUT2D eigenvalue weighted by Crippen LogP contribution is 2.13. The molecule has 0 spiro atoms. The lowest BCUT2D eigenvalue weighted by Crippen LogP contribution is -3.20. The zero-order chi connectivity index (χ0) is 17.7. The van der Waals surface area contributed by atoms with Crippen molar-refractivity contribution >= 4 is 23.5 Å². The number of carbonyl (C=O) groups excluding carboxylic acids is 3. The number of aryl methyl sites for hydroxylation is 2. The Labute approximate surface area is 141 Å². The van der Waals surface area contributed by atoms with Gasteiger partial charge in [0.15, 0.2) is 12.6 Å². The third-order valence-electron chi connectivity index (χ3n) is 4.05. The average molecular weight is 334 g/mol. The first-order valence-corrected chi connectivity index (χ1v) is 7.96. The van der Waals surface area contributed by atoms with Gasteiger partial charge in [-0.15, -0.1) is 0 Å². The number of piperazine rings is 1. The summed E-state index contributed by atoms with van der Waals surface area (Å²) in [5, 5.41) is 5.60. The van der Waals surface area contributed by atoms with E-state index in [0.29, 0.717) is 13.1 Å². The van der Waals surface area contributed by atoms with E-state index in [4.69, 9.17) is 0 Å². The monoisotopic (exact) mass is 334 g/mol. The summed E-state index contributed by atoms with van der Waals surface area (Å²) in [6.45, 7) is 5.14. The maximum Gasteiger partial charge on any atom is 0.312 e. The van der Waals surface area contributed by atoms with E-state index in [1.54, 1.807) is 0 Å². The number of hydrogen-bond acceptors (Lipinski definition) is 4. The van der Waals surface area contributed by atoms with Crippen LogP contribution in [0.25, 0.3) is 0 Å². The molecule has 1 aliphatic heterocycles. The topological polar surface area (TPSA) is 88.9 Å². The van der Waals surface area contributed by atoms with Crippen molar-refractivity contribution in [2.75, 3.05) is 32.1 Å². The Hall–Kier alpha value is -2.41. The van der Waals surface area contributed by atoms with Crippen LogP contribution in [0.5, 0.6) is 0 Å². The molecule has 1 aliphatic rings. The number of esters is 1. The average Bonchev–Trinajstić information content (AvgIpc) is 2.49. The van der Waals surface area contributed by atoms with Crippen LogP contribution in [0.1, 0.15) is 17.5 Å². The molecule has 1 unspecified atom stereocenters. The van der Waals surface area contributed by atoms with Crippen molar-refractivity contribution < 1.29 is 24.0 Å². The SMILES string of the molecule is COC(=O)C[C@H]1C(=O)NCC[NH+]1CC(=O)Nc1cc(C)cc(C)c1. The third-order valence-corrected chi connectivity index (χ3v) is 4.05. The predicted molar refractivity (Wildman–Crippen MR) is 88.7 cm³/mol. The Morgan fingerprint density at radius 3 is 2.58 bits per heavy atom. The molecule has 2 rings (SSSR count). The van der Waals surface area contributed by atoms with Crippen molar-refractivity contribution in [2.45, 2.75) is 26.3 Å². The molecule has 2 amide bonds. The van der Waals surface area contributed by atoms with Gasteiger partial charge in [-0.3, -0.25) is 14.4 Å². The highest BCUT2D eigenvalue weighted by atomic mass is 16.5. The van der Waals surface area contributed by atoms with Gasteiger partial charge < -0.3 is 20.3 Å². The highest BCUT2D eigenvalue weighted by Gasteiger charge is 2.36. The smallest absolute Gasteiger partial charge is 0.312 e. The number of rotatable bonds is 5. The molecule has 7 heteroatoms. The van der Waals surface area contributed by atoms with Crippen molar-refractivity contribution in [3.63, 3.8) is 0 Å². The van der Waals surface area contributed by atoms with Gasteiger partial charge in [0, 0.05) is 5.69 Å². The van der Waals surface area contributed by atoms with Crippen molar-refractivity contribution in [2.24, 2.45) is 0 Å². The van der Waals surface area contributed by atoms with E-state index in [-0.39, 0.29) is 24.8 Å². The summed E-state index contributed by atoms with van der Waals surface area (Å²) in [5.74, 6) is -0.857. The number of nitrogens with one attached hydrogen (secondary N) is 3. The van der Waals surface area contributed by atoms with Gasteiger partial charge in [-0.2, -0.15) is 0 Å². The molecular weight excluding hydrogens is 310 g/mol. The lowest BCUT2D eigenvalue weighted by Gasteiger charge is -2.30. The quantitative estimate of drug-likeness (QED) is 0.615. The molecule has 0 saturated carbocycles. The lowest BCUT2D eigenvalue weighted by molar-refractivity contribution is -0.909. The van der Waals surface area contributed by atoms with Crippen LogP contribution in [-0.2, 0) is 19.1 Å². The molecule has 1 aromatic rings. The Morgan fingerprint density at radius 2 is 1.96 bits per heavy atom. The lowest BCUT2D eigenvalue weighted by atomic mass is 10.1. The fraction of sp³-hybridized carbons (Fsp3) is 0.471. The molecule has 0 radical (unpaired) electrons. The van der Waals surface area contributed by atoms with Gasteiger partial charge in [-0.1, -0.05) is 6.07 Å². The fourth-order valence-corrected chi connectivity index (χ4v) is 2.99. The molecule has 7 nitrogen and oxygen atoms in total. The summed E-state index contributed by atoms with van der Waals surface area (Å²) >= 11 is 0. The number of methoxy groups -OCH3 is 1. The molecule has 1 saturated heterocycles. The molecule has 130 valence electrons. The van der Waals surface area contributed by atoms with Crippen molar-refractivity contribution in [3.8, 4) is 0 Å². The standard InChI is InChI=1S/C17H23N3O4/c1-11-6-12(2)8-13(7-11)19-15(21)10-20-5-4-18-17(23)14(20)9-16(22)24-3/h6-8,14H,4-5,9-10H2,1-3H3,(H,18,23)(H,19,21)/p+1/t14-/m0/s1. The molecule has 1 heterocycles. The van der Waals surface area contributed by atoms with E-state index in [1.165, 1.54) is 7.11 Å². The Morgan fingerprint density at radius 1 is 1.29 bits per heavy atom. The van der Waals surface area contributed by atoms with Crippen LogP contribution >= 0.6 is 0 Å². The minimum atomic E-state index is -0.601. The van der Waals surface area contributed by atoms with E-state index in [0.717, 1.165) is 21.7 Å². The van der Waals surface area contributed by atoms with E-state index in [1.807, 2.05) is 32.0 Å². The van der Waals surface area contributed by atoms with Crippen LogP contribution in [0.4, 0.5) is 5.69 Å². The largest absolute Gasteiger partial charge is 0.469 e. The van der Waals surface area contributed by atoms with Crippen LogP contribution in [0, 0.1) is 13.8 Å². The van der Waals surface area contributed by atoms with Gasteiger partial charge in [0.2, 0.25) is 0 Å². The van der Waals surface area contributed by atoms with E-state index in [9.17, 15) is 14.4 Å². The molecule has 3 N–H and O–H groups in total. The zero-order valence-corrected chi connectivity index (χ0v) is 14.3. The van der Waals surface area contributed by atoms with Crippen molar-refractivity contribution in [1.82, 2.24) is 5.32 Å². The van der Waals surface area contributed by atoms with Gasteiger partial charge in [-0.25, -0.2) is 0 Å². The third kappa shape index (κ3) is 4.79. The molecule has 2 atom stereocenters. The molecule has 0 aromatic heterocycles. The molecular formula is C17H24N3O4+. The van der Waals surface area contributed by atoms with E-state index in [2.05, 4.69) is 15.4 Å². The van der Waals surface area contributed by atoms with Gasteiger partial charge in [-0.05, 0) is 37.1 Å². The Bertz CT molecular complexity index is 624. The summed E-state index contributed by atoms with van der Waals surface area (Å²) in [6.07, 6.45) is -0.0332. The molecule has 1 aromatic carbocycles. The van der Waals surface area contributed by atoms with Crippen LogP contribution in [0.2, 0.25) is 0 Å². The number of anilines is 1. The minimum Gasteiger partial charge on any atom is -0.469 e. The molecule has 0 aliphatic carbocycles. The first-order chi connectivity index (χ1) is 11.4. The van der Waals surface area contributed by atoms with Gasteiger partial charge in [0.1, 0.15) is 6.42 Å². The first kappa shape index (κ1) is 17.9. The van der Waals surface area contributed by atoms with Gasteiger partial charge in [0.25, 0.3) is 11.8 Å². The Balaban J connectivity index is 2.02. The minimum absolute atomic E-state index is 0.0332. The van der Waals surface area contributed by atoms with Crippen LogP contribution in [0.3, 0.4) is 0 Å². The second-order valence-corrected chi connectivity index (χ2v) is 6.13. The number of ether oxygens (including phenoxy) is 1. The summed E-state index contributed by atoms with van der Waals surface area (Å²) in [5.41, 5.74) is 2.88. The van der Waals surface area contributed by atoms with Crippen LogP contribution < -0.4 is 15.5 Å². The maximum atomic E-state index is 12.3. The van der Waals surface area contributed by atoms with Gasteiger partial charge >= 0.3 is 5.97 Å². The number of carbonyl (C=O) groups is 3. The van der Waals surface area contributed by atoms with Crippen molar-refractivity contribution in [1.29, 1.82) is 0 Å². The maximum absolute atomic E-state index is 12.3. The summed E-state index contributed by atoms with van der Waals surface area (Å²) < 4.78 is 4.64. The predicted octanol–water partition coefficient (Wildman–Crippen LogP) is -0.812. The fourth-order valence-electron chi connectivity index (χ4n) is 2.99. The Kier molecular flexibility index (Phi) is 5.92. The summed E-state index contributed by atoms with van der Waals surface area (Å²) in [7, 11) is 1.29. The summed E-state index contributed by atoms with van der Waals surface area (Å²) in [6, 6.07) is 5.23. The molecule has 24 heavy (non-hydrogen) atoms. The number of hydrogen-bond donors (Lipinski definition) is 3. The molecule has 0 bridgehead atoms. The second kappa shape index (κ2) is 7.92. The number of quaternary nitrogens is 1. The van der Waals surface area contributed by atoms with Crippen LogP contribution in [-0.4, -0.2) is 50.6 Å². The van der Waals surface area contributed by atoms with Crippen molar-refractivity contribution in [3.05, 3.63) is 29.3 Å². The normalized spacial score (nSPS) is 20.2.